The van der Waals surface area contributed by atoms with E-state index >= 15 is 0 Å². The van der Waals surface area contributed by atoms with Crippen molar-refractivity contribution >= 4 is 14.5 Å². The van der Waals surface area contributed by atoms with Crippen LogP contribution in [0.2, 0.25) is 11.1 Å². The van der Waals surface area contributed by atoms with Crippen LogP contribution in [0, 0.1) is 0 Å². The molecule has 0 aliphatic rings. The van der Waals surface area contributed by atoms with Gasteiger partial charge < -0.3 is 13.6 Å². The lowest BCUT2D eigenvalue weighted by molar-refractivity contribution is -0.152. The SMILES string of the molecule is CCOC(=O)[C@H](C)O[Si](OCCc1ccccc1)(C(C)C)C(C)C. The van der Waals surface area contributed by atoms with Gasteiger partial charge in [0.25, 0.3) is 0 Å². The Balaban J connectivity index is 2.79. The first-order valence-corrected chi connectivity index (χ1v) is 10.8. The molecule has 0 aliphatic carbocycles. The molecule has 0 spiro atoms. The zero-order valence-corrected chi connectivity index (χ0v) is 16.9. The monoisotopic (exact) mass is 352 g/mol. The van der Waals surface area contributed by atoms with E-state index < -0.39 is 14.7 Å². The Labute approximate surface area is 147 Å². The Morgan fingerprint density at radius 1 is 1.04 bits per heavy atom. The van der Waals surface area contributed by atoms with Gasteiger partial charge in [-0.2, -0.15) is 0 Å². The smallest absolute Gasteiger partial charge is 0.344 e. The molecule has 0 saturated carbocycles. The Kier molecular flexibility index (Phi) is 8.66. The zero-order chi connectivity index (χ0) is 18.2. The van der Waals surface area contributed by atoms with E-state index in [0.717, 1.165) is 6.42 Å². The number of hydrogen-bond acceptors (Lipinski definition) is 4. The summed E-state index contributed by atoms with van der Waals surface area (Å²) < 4.78 is 17.7. The molecule has 1 atom stereocenters. The molecule has 0 heterocycles. The third-order valence-corrected chi connectivity index (χ3v) is 8.75. The number of esters is 1. The molecule has 24 heavy (non-hydrogen) atoms. The highest BCUT2D eigenvalue weighted by Crippen LogP contribution is 2.35. The largest absolute Gasteiger partial charge is 0.464 e. The van der Waals surface area contributed by atoms with E-state index in [-0.39, 0.29) is 17.1 Å². The second-order valence-corrected chi connectivity index (χ2v) is 10.9. The molecule has 0 unspecified atom stereocenters. The second kappa shape index (κ2) is 9.96. The number of carbonyl (C=O) groups excluding carboxylic acids is 1. The minimum absolute atomic E-state index is 0.241. The summed E-state index contributed by atoms with van der Waals surface area (Å²) in [5.74, 6) is -0.317. The number of hydrogen-bond donors (Lipinski definition) is 0. The maximum Gasteiger partial charge on any atom is 0.344 e. The molecule has 0 aromatic heterocycles. The Morgan fingerprint density at radius 3 is 2.12 bits per heavy atom. The third-order valence-electron chi connectivity index (χ3n) is 4.15. The maximum atomic E-state index is 12.0. The summed E-state index contributed by atoms with van der Waals surface area (Å²) in [6.07, 6.45) is 0.241. The van der Waals surface area contributed by atoms with Crippen molar-refractivity contribution in [2.75, 3.05) is 13.2 Å². The van der Waals surface area contributed by atoms with Gasteiger partial charge >= 0.3 is 14.5 Å². The molecule has 1 aromatic carbocycles. The van der Waals surface area contributed by atoms with Gasteiger partial charge in [-0.25, -0.2) is 4.79 Å². The Hall–Kier alpha value is -1.17. The predicted molar refractivity (Wildman–Crippen MR) is 99.2 cm³/mol. The van der Waals surface area contributed by atoms with Crippen molar-refractivity contribution in [2.24, 2.45) is 0 Å². The van der Waals surface area contributed by atoms with E-state index in [9.17, 15) is 4.79 Å². The van der Waals surface area contributed by atoms with Crippen molar-refractivity contribution in [1.29, 1.82) is 0 Å². The molecule has 5 heteroatoms. The topological polar surface area (TPSA) is 44.8 Å². The van der Waals surface area contributed by atoms with Gasteiger partial charge in [-0.1, -0.05) is 58.0 Å². The average molecular weight is 353 g/mol. The maximum absolute atomic E-state index is 12.0. The summed E-state index contributed by atoms with van der Waals surface area (Å²) in [7, 11) is -2.56. The minimum atomic E-state index is -2.56. The molecule has 0 aliphatic heterocycles. The van der Waals surface area contributed by atoms with Crippen molar-refractivity contribution in [3.63, 3.8) is 0 Å². The predicted octanol–water partition coefficient (Wildman–Crippen LogP) is 4.48. The molecule has 0 saturated heterocycles. The highest BCUT2D eigenvalue weighted by molar-refractivity contribution is 6.70. The van der Waals surface area contributed by atoms with Crippen LogP contribution in [-0.2, 0) is 24.8 Å². The quantitative estimate of drug-likeness (QED) is 0.460. The molecule has 0 amide bonds. The van der Waals surface area contributed by atoms with Crippen molar-refractivity contribution in [3.8, 4) is 0 Å². The lowest BCUT2D eigenvalue weighted by Gasteiger charge is -2.39. The van der Waals surface area contributed by atoms with E-state index in [0.29, 0.717) is 13.2 Å². The molecule has 0 fully saturated rings. The summed E-state index contributed by atoms with van der Waals surface area (Å²) in [4.78, 5) is 12.0. The van der Waals surface area contributed by atoms with E-state index in [4.69, 9.17) is 13.6 Å². The molecule has 1 aromatic rings. The number of benzene rings is 1. The summed E-state index contributed by atoms with van der Waals surface area (Å²) in [6.45, 7) is 13.0. The molecule has 0 radical (unpaired) electrons. The van der Waals surface area contributed by atoms with Crippen LogP contribution in [0.25, 0.3) is 0 Å². The lowest BCUT2D eigenvalue weighted by Crippen LogP contribution is -2.52. The Morgan fingerprint density at radius 2 is 1.62 bits per heavy atom. The molecule has 4 nitrogen and oxygen atoms in total. The average Bonchev–Trinajstić information content (AvgIpc) is 2.54. The number of rotatable bonds is 10. The van der Waals surface area contributed by atoms with Crippen molar-refractivity contribution in [3.05, 3.63) is 35.9 Å². The second-order valence-electron chi connectivity index (χ2n) is 6.63. The Bertz CT molecular complexity index is 479. The van der Waals surface area contributed by atoms with Crippen LogP contribution in [-0.4, -0.2) is 33.8 Å². The summed E-state index contributed by atoms with van der Waals surface area (Å²) in [6, 6.07) is 10.3. The van der Waals surface area contributed by atoms with E-state index in [1.165, 1.54) is 5.56 Å². The van der Waals surface area contributed by atoms with E-state index in [1.807, 2.05) is 18.2 Å². The fourth-order valence-electron chi connectivity index (χ4n) is 2.86. The highest BCUT2D eigenvalue weighted by atomic mass is 28.4. The van der Waals surface area contributed by atoms with Gasteiger partial charge in [-0.05, 0) is 36.9 Å². The van der Waals surface area contributed by atoms with Gasteiger partial charge in [0, 0.05) is 6.61 Å². The van der Waals surface area contributed by atoms with Crippen LogP contribution < -0.4 is 0 Å². The fraction of sp³-hybridized carbons (Fsp3) is 0.632. The van der Waals surface area contributed by atoms with Gasteiger partial charge in [-0.15, -0.1) is 0 Å². The summed E-state index contributed by atoms with van der Waals surface area (Å²) in [5.41, 5.74) is 1.72. The normalized spacial score (nSPS) is 13.3. The first-order valence-electron chi connectivity index (χ1n) is 8.85. The highest BCUT2D eigenvalue weighted by Gasteiger charge is 2.47. The first kappa shape index (κ1) is 20.9. The van der Waals surface area contributed by atoms with Crippen LogP contribution in [0.15, 0.2) is 30.3 Å². The van der Waals surface area contributed by atoms with Crippen LogP contribution >= 0.6 is 0 Å². The summed E-state index contributed by atoms with van der Waals surface area (Å²) in [5, 5.41) is 0. The fourth-order valence-corrected chi connectivity index (χ4v) is 6.55. The van der Waals surface area contributed by atoms with Gasteiger partial charge in [0.15, 0.2) is 0 Å². The molecular formula is C19H32O4Si. The van der Waals surface area contributed by atoms with Gasteiger partial charge in [0.1, 0.15) is 6.10 Å². The van der Waals surface area contributed by atoms with Gasteiger partial charge in [-0.3, -0.25) is 0 Å². The van der Waals surface area contributed by atoms with E-state index in [2.05, 4.69) is 39.8 Å². The molecule has 1 rings (SSSR count). The summed E-state index contributed by atoms with van der Waals surface area (Å²) >= 11 is 0. The van der Waals surface area contributed by atoms with Crippen molar-refractivity contribution in [1.82, 2.24) is 0 Å². The standard InChI is InChI=1S/C19H32O4Si/c1-7-21-19(20)17(6)23-24(15(2)3,16(4)5)22-14-13-18-11-9-8-10-12-18/h8-12,15-17H,7,13-14H2,1-6H3/t17-/m0/s1. The minimum Gasteiger partial charge on any atom is -0.464 e. The third kappa shape index (κ3) is 5.72. The van der Waals surface area contributed by atoms with Gasteiger partial charge in [0.2, 0.25) is 0 Å². The molecule has 0 bridgehead atoms. The zero-order valence-electron chi connectivity index (χ0n) is 15.9. The molecular weight excluding hydrogens is 320 g/mol. The van der Waals surface area contributed by atoms with E-state index in [1.54, 1.807) is 13.8 Å². The van der Waals surface area contributed by atoms with Crippen LogP contribution in [0.1, 0.15) is 47.1 Å². The number of ether oxygens (including phenoxy) is 1. The van der Waals surface area contributed by atoms with Crippen LogP contribution in [0.3, 0.4) is 0 Å². The molecule has 136 valence electrons. The van der Waals surface area contributed by atoms with Crippen molar-refractivity contribution in [2.45, 2.75) is 65.1 Å². The van der Waals surface area contributed by atoms with Crippen LogP contribution in [0.5, 0.6) is 0 Å². The molecule has 0 N–H and O–H groups in total. The first-order chi connectivity index (χ1) is 11.3. The lowest BCUT2D eigenvalue weighted by atomic mass is 10.2. The van der Waals surface area contributed by atoms with Crippen molar-refractivity contribution < 1.29 is 18.4 Å². The van der Waals surface area contributed by atoms with Crippen LogP contribution in [0.4, 0.5) is 0 Å². The van der Waals surface area contributed by atoms with Gasteiger partial charge in [0.05, 0.1) is 6.61 Å². The number of carbonyl (C=O) groups is 1.